The first-order valence-electron chi connectivity index (χ1n) is 7.67. The molecule has 0 bridgehead atoms. The molecule has 1 fully saturated rings. The van der Waals surface area contributed by atoms with Crippen LogP contribution >= 0.6 is 11.8 Å². The van der Waals surface area contributed by atoms with Gasteiger partial charge in [0, 0.05) is 30.6 Å². The summed E-state index contributed by atoms with van der Waals surface area (Å²) in [5.41, 5.74) is 1.22. The van der Waals surface area contributed by atoms with Crippen LogP contribution in [-0.2, 0) is 9.59 Å². The second-order valence-electron chi connectivity index (χ2n) is 5.62. The van der Waals surface area contributed by atoms with Crippen LogP contribution in [0.25, 0.3) is 0 Å². The third-order valence-corrected chi connectivity index (χ3v) is 5.17. The van der Waals surface area contributed by atoms with Gasteiger partial charge in [-0.25, -0.2) is 0 Å². The second kappa shape index (κ2) is 6.62. The maximum atomic E-state index is 12.5. The number of hydrogen-bond acceptors (Lipinski definition) is 4. The highest BCUT2D eigenvalue weighted by Crippen LogP contribution is 2.36. The third-order valence-electron chi connectivity index (χ3n) is 4.12. The summed E-state index contributed by atoms with van der Waals surface area (Å²) < 4.78 is 0. The Labute approximate surface area is 139 Å². The molecule has 0 aromatic heterocycles. The van der Waals surface area contributed by atoms with Crippen LogP contribution in [0.5, 0.6) is 0 Å². The average Bonchev–Trinajstić information content (AvgIpc) is 3.10. The Hall–Kier alpha value is -2.02. The number of thioether (sulfide) groups is 1. The van der Waals surface area contributed by atoms with E-state index in [0.717, 1.165) is 30.8 Å². The fraction of sp³-hybridized carbons (Fsp3) is 0.438. The molecule has 1 saturated heterocycles. The van der Waals surface area contributed by atoms with Gasteiger partial charge in [0.15, 0.2) is 0 Å². The molecule has 6 nitrogen and oxygen atoms in total. The van der Waals surface area contributed by atoms with Crippen molar-refractivity contribution in [3.63, 3.8) is 0 Å². The van der Waals surface area contributed by atoms with E-state index < -0.39 is 0 Å². The standard InChI is InChI=1S/C16H19N3O3S/c1-17-14(20)9-19-12-8-11(16(22)18-6-2-3-7-18)4-5-13(12)23-10-15(19)21/h4-5,8H,2-3,6-7,9-10H2,1H3,(H,17,20). The van der Waals surface area contributed by atoms with Crippen LogP contribution in [0.2, 0.25) is 0 Å². The van der Waals surface area contributed by atoms with Gasteiger partial charge in [-0.05, 0) is 31.0 Å². The fourth-order valence-corrected chi connectivity index (χ4v) is 3.75. The van der Waals surface area contributed by atoms with Crippen molar-refractivity contribution >= 4 is 35.2 Å². The summed E-state index contributed by atoms with van der Waals surface area (Å²) in [6, 6.07) is 5.41. The summed E-state index contributed by atoms with van der Waals surface area (Å²) in [6.07, 6.45) is 2.07. The summed E-state index contributed by atoms with van der Waals surface area (Å²) >= 11 is 1.44. The van der Waals surface area contributed by atoms with Crippen molar-refractivity contribution in [2.75, 3.05) is 37.3 Å². The van der Waals surface area contributed by atoms with Crippen LogP contribution in [0, 0.1) is 0 Å². The molecule has 0 spiro atoms. The number of fused-ring (bicyclic) bond motifs is 1. The lowest BCUT2D eigenvalue weighted by Gasteiger charge is -2.29. The van der Waals surface area contributed by atoms with Crippen molar-refractivity contribution in [1.82, 2.24) is 10.2 Å². The predicted octanol–water partition coefficient (Wildman–Crippen LogP) is 1.11. The normalized spacial score (nSPS) is 17.2. The highest BCUT2D eigenvalue weighted by Gasteiger charge is 2.28. The maximum Gasteiger partial charge on any atom is 0.253 e. The van der Waals surface area contributed by atoms with Gasteiger partial charge in [0.25, 0.3) is 5.91 Å². The predicted molar refractivity (Wildman–Crippen MR) is 88.7 cm³/mol. The Balaban J connectivity index is 1.90. The molecule has 2 heterocycles. The van der Waals surface area contributed by atoms with Crippen LogP contribution in [0.4, 0.5) is 5.69 Å². The molecule has 1 N–H and O–H groups in total. The molecule has 1 aromatic carbocycles. The zero-order chi connectivity index (χ0) is 16.4. The minimum Gasteiger partial charge on any atom is -0.358 e. The number of nitrogens with one attached hydrogen (secondary N) is 1. The SMILES string of the molecule is CNC(=O)CN1C(=O)CSc2ccc(C(=O)N3CCCC3)cc21. The number of likely N-dealkylation sites (tertiary alicyclic amines) is 1. The fourth-order valence-electron chi connectivity index (χ4n) is 2.83. The van der Waals surface area contributed by atoms with Gasteiger partial charge in [0.05, 0.1) is 11.4 Å². The van der Waals surface area contributed by atoms with Crippen LogP contribution < -0.4 is 10.2 Å². The van der Waals surface area contributed by atoms with E-state index in [0.29, 0.717) is 17.0 Å². The van der Waals surface area contributed by atoms with Crippen molar-refractivity contribution in [3.8, 4) is 0 Å². The molecule has 0 aliphatic carbocycles. The quantitative estimate of drug-likeness (QED) is 0.899. The zero-order valence-electron chi connectivity index (χ0n) is 13.0. The molecule has 2 aliphatic heterocycles. The molecule has 3 amide bonds. The molecule has 23 heavy (non-hydrogen) atoms. The second-order valence-corrected chi connectivity index (χ2v) is 6.64. The molecule has 0 atom stereocenters. The van der Waals surface area contributed by atoms with Crippen LogP contribution in [-0.4, -0.2) is 55.1 Å². The van der Waals surface area contributed by atoms with Crippen molar-refractivity contribution in [2.24, 2.45) is 0 Å². The zero-order valence-corrected chi connectivity index (χ0v) is 13.8. The van der Waals surface area contributed by atoms with Gasteiger partial charge in [-0.3, -0.25) is 14.4 Å². The number of anilines is 1. The first kappa shape index (κ1) is 15.9. The first-order valence-corrected chi connectivity index (χ1v) is 8.66. The van der Waals surface area contributed by atoms with Crippen LogP contribution in [0.15, 0.2) is 23.1 Å². The summed E-state index contributed by atoms with van der Waals surface area (Å²) in [4.78, 5) is 40.6. The van der Waals surface area contributed by atoms with E-state index in [1.54, 1.807) is 19.2 Å². The lowest BCUT2D eigenvalue weighted by Crippen LogP contribution is -2.42. The molecule has 3 rings (SSSR count). The number of amides is 3. The van der Waals surface area contributed by atoms with E-state index in [1.807, 2.05) is 11.0 Å². The van der Waals surface area contributed by atoms with E-state index in [-0.39, 0.29) is 24.3 Å². The molecular formula is C16H19N3O3S. The Morgan fingerprint density at radius 1 is 1.26 bits per heavy atom. The van der Waals surface area contributed by atoms with Gasteiger partial charge < -0.3 is 15.1 Å². The Bertz CT molecular complexity index is 656. The summed E-state index contributed by atoms with van der Waals surface area (Å²) in [5, 5.41) is 2.53. The largest absolute Gasteiger partial charge is 0.358 e. The molecular weight excluding hydrogens is 314 g/mol. The average molecular weight is 333 g/mol. The number of carbonyl (C=O) groups excluding carboxylic acids is 3. The molecule has 0 radical (unpaired) electrons. The van der Waals surface area contributed by atoms with E-state index >= 15 is 0 Å². The molecule has 7 heteroatoms. The minimum absolute atomic E-state index is 0.00628. The van der Waals surface area contributed by atoms with Crippen molar-refractivity contribution in [2.45, 2.75) is 17.7 Å². The Morgan fingerprint density at radius 3 is 2.70 bits per heavy atom. The lowest BCUT2D eigenvalue weighted by atomic mass is 10.1. The highest BCUT2D eigenvalue weighted by atomic mass is 32.2. The molecule has 122 valence electrons. The van der Waals surface area contributed by atoms with Gasteiger partial charge in [0.1, 0.15) is 6.54 Å². The summed E-state index contributed by atoms with van der Waals surface area (Å²) in [6.45, 7) is 1.54. The lowest BCUT2D eigenvalue weighted by molar-refractivity contribution is -0.122. The number of nitrogens with zero attached hydrogens (tertiary/aromatic N) is 2. The summed E-state index contributed by atoms with van der Waals surface area (Å²) in [5.74, 6) is -0.0405. The Kier molecular flexibility index (Phi) is 4.56. The monoisotopic (exact) mass is 333 g/mol. The van der Waals surface area contributed by atoms with Gasteiger partial charge >= 0.3 is 0 Å². The summed E-state index contributed by atoms with van der Waals surface area (Å²) in [7, 11) is 1.54. The number of carbonyl (C=O) groups is 3. The van der Waals surface area contributed by atoms with Gasteiger partial charge in [-0.2, -0.15) is 0 Å². The third kappa shape index (κ3) is 3.19. The molecule has 1 aromatic rings. The van der Waals surface area contributed by atoms with E-state index in [4.69, 9.17) is 0 Å². The highest BCUT2D eigenvalue weighted by molar-refractivity contribution is 8.00. The number of benzene rings is 1. The van der Waals surface area contributed by atoms with Crippen LogP contribution in [0.3, 0.4) is 0 Å². The number of rotatable bonds is 3. The van der Waals surface area contributed by atoms with Crippen molar-refractivity contribution in [1.29, 1.82) is 0 Å². The van der Waals surface area contributed by atoms with E-state index in [1.165, 1.54) is 16.7 Å². The van der Waals surface area contributed by atoms with Gasteiger partial charge in [0.2, 0.25) is 11.8 Å². The van der Waals surface area contributed by atoms with Crippen LogP contribution in [0.1, 0.15) is 23.2 Å². The smallest absolute Gasteiger partial charge is 0.253 e. The number of hydrogen-bond donors (Lipinski definition) is 1. The van der Waals surface area contributed by atoms with Gasteiger partial charge in [-0.1, -0.05) is 0 Å². The van der Waals surface area contributed by atoms with Crippen molar-refractivity contribution in [3.05, 3.63) is 23.8 Å². The maximum absolute atomic E-state index is 12.5. The molecule has 0 saturated carbocycles. The van der Waals surface area contributed by atoms with Gasteiger partial charge in [-0.15, -0.1) is 11.8 Å². The van der Waals surface area contributed by atoms with E-state index in [9.17, 15) is 14.4 Å². The molecule has 2 aliphatic rings. The first-order chi connectivity index (χ1) is 11.1. The Morgan fingerprint density at radius 2 is 2.00 bits per heavy atom. The number of likely N-dealkylation sites (N-methyl/N-ethyl adjacent to an activating group) is 1. The van der Waals surface area contributed by atoms with Crippen molar-refractivity contribution < 1.29 is 14.4 Å². The van der Waals surface area contributed by atoms with E-state index in [2.05, 4.69) is 5.32 Å². The minimum atomic E-state index is -0.229. The topological polar surface area (TPSA) is 69.7 Å². The molecule has 0 unspecified atom stereocenters.